The van der Waals surface area contributed by atoms with E-state index in [0.717, 1.165) is 6.54 Å². The fourth-order valence-electron chi connectivity index (χ4n) is 2.13. The maximum absolute atomic E-state index is 10.1. The number of aliphatic hydroxyl groups excluding tert-OH is 1. The van der Waals surface area contributed by atoms with E-state index in [0.29, 0.717) is 6.04 Å². The standard InChI is InChI=1S/C13H28N2O/c1-13(2,3)12(16)10-15(5)11-6-8-14(4)9-7-11/h11-12,16H,6-10H2,1-5H3. The highest BCUT2D eigenvalue weighted by atomic mass is 16.3. The van der Waals surface area contributed by atoms with Crippen molar-refractivity contribution in [3.05, 3.63) is 0 Å². The van der Waals surface area contributed by atoms with Crippen molar-refractivity contribution in [3.8, 4) is 0 Å². The number of hydrogen-bond donors (Lipinski definition) is 1. The van der Waals surface area contributed by atoms with Crippen LogP contribution in [0, 0.1) is 5.41 Å². The Kier molecular flexibility index (Phi) is 4.77. The molecule has 96 valence electrons. The summed E-state index contributed by atoms with van der Waals surface area (Å²) in [6.45, 7) is 9.44. The van der Waals surface area contributed by atoms with Gasteiger partial charge in [-0.05, 0) is 45.4 Å². The number of likely N-dealkylation sites (tertiary alicyclic amines) is 1. The molecule has 1 unspecified atom stereocenters. The predicted octanol–water partition coefficient (Wildman–Crippen LogP) is 1.42. The van der Waals surface area contributed by atoms with Crippen LogP contribution in [-0.4, -0.2) is 60.8 Å². The van der Waals surface area contributed by atoms with E-state index in [4.69, 9.17) is 0 Å². The Balaban J connectivity index is 2.37. The van der Waals surface area contributed by atoms with Crippen molar-refractivity contribution < 1.29 is 5.11 Å². The van der Waals surface area contributed by atoms with E-state index < -0.39 is 0 Å². The van der Waals surface area contributed by atoms with E-state index in [2.05, 4.69) is 44.7 Å². The summed E-state index contributed by atoms with van der Waals surface area (Å²) >= 11 is 0. The minimum atomic E-state index is -0.239. The van der Waals surface area contributed by atoms with Crippen molar-refractivity contribution in [2.24, 2.45) is 5.41 Å². The number of rotatable bonds is 3. The Bertz CT molecular complexity index is 204. The topological polar surface area (TPSA) is 26.7 Å². The molecule has 1 N–H and O–H groups in total. The van der Waals surface area contributed by atoms with Crippen LogP contribution in [0.3, 0.4) is 0 Å². The molecule has 1 atom stereocenters. The third-order valence-electron chi connectivity index (χ3n) is 3.77. The molecule has 0 bridgehead atoms. The van der Waals surface area contributed by atoms with Crippen LogP contribution in [0.25, 0.3) is 0 Å². The molecule has 1 fully saturated rings. The van der Waals surface area contributed by atoms with Crippen molar-refractivity contribution in [2.75, 3.05) is 33.7 Å². The van der Waals surface area contributed by atoms with Crippen molar-refractivity contribution in [1.29, 1.82) is 0 Å². The summed E-state index contributed by atoms with van der Waals surface area (Å²) in [6.07, 6.45) is 2.21. The zero-order valence-electron chi connectivity index (χ0n) is 11.5. The average Bonchev–Trinajstić information content (AvgIpc) is 2.17. The van der Waals surface area contributed by atoms with Crippen molar-refractivity contribution in [3.63, 3.8) is 0 Å². The van der Waals surface area contributed by atoms with Crippen LogP contribution in [-0.2, 0) is 0 Å². The Hall–Kier alpha value is -0.120. The lowest BCUT2D eigenvalue weighted by Crippen LogP contribution is -2.46. The summed E-state index contributed by atoms with van der Waals surface area (Å²) < 4.78 is 0. The zero-order chi connectivity index (χ0) is 12.3. The molecule has 3 nitrogen and oxygen atoms in total. The van der Waals surface area contributed by atoms with E-state index in [-0.39, 0.29) is 11.5 Å². The van der Waals surface area contributed by atoms with Gasteiger partial charge in [-0.15, -0.1) is 0 Å². The SMILES string of the molecule is CN1CCC(N(C)CC(O)C(C)(C)C)CC1. The Labute approximate surface area is 100 Å². The molecule has 3 heteroatoms. The minimum absolute atomic E-state index is 0.0142. The van der Waals surface area contributed by atoms with Gasteiger partial charge >= 0.3 is 0 Å². The zero-order valence-corrected chi connectivity index (χ0v) is 11.5. The van der Waals surface area contributed by atoms with E-state index in [9.17, 15) is 5.11 Å². The summed E-state index contributed by atoms with van der Waals surface area (Å²) in [7, 11) is 4.32. The first-order valence-corrected chi connectivity index (χ1v) is 6.37. The van der Waals surface area contributed by atoms with Gasteiger partial charge in [-0.3, -0.25) is 0 Å². The van der Waals surface area contributed by atoms with Crippen LogP contribution in [0.1, 0.15) is 33.6 Å². The molecular formula is C13H28N2O. The molecule has 1 aliphatic heterocycles. The van der Waals surface area contributed by atoms with Gasteiger partial charge in [0.1, 0.15) is 0 Å². The third kappa shape index (κ3) is 4.04. The molecule has 1 heterocycles. The van der Waals surface area contributed by atoms with Gasteiger partial charge in [-0.25, -0.2) is 0 Å². The first kappa shape index (κ1) is 13.9. The Morgan fingerprint density at radius 2 is 1.81 bits per heavy atom. The minimum Gasteiger partial charge on any atom is -0.391 e. The highest BCUT2D eigenvalue weighted by molar-refractivity contribution is 4.81. The summed E-state index contributed by atoms with van der Waals surface area (Å²) in [4.78, 5) is 4.72. The van der Waals surface area contributed by atoms with Crippen LogP contribution in [0.2, 0.25) is 0 Å². The lowest BCUT2D eigenvalue weighted by Gasteiger charge is -2.38. The molecule has 0 radical (unpaired) electrons. The highest BCUT2D eigenvalue weighted by Gasteiger charge is 2.27. The first-order valence-electron chi connectivity index (χ1n) is 6.37. The molecule has 0 amide bonds. The van der Waals surface area contributed by atoms with Crippen LogP contribution in [0.15, 0.2) is 0 Å². The number of nitrogens with zero attached hydrogens (tertiary/aromatic N) is 2. The lowest BCUT2D eigenvalue weighted by molar-refractivity contribution is 0.0159. The first-order chi connectivity index (χ1) is 7.30. The largest absolute Gasteiger partial charge is 0.391 e. The molecule has 0 aliphatic carbocycles. The molecule has 16 heavy (non-hydrogen) atoms. The number of likely N-dealkylation sites (N-methyl/N-ethyl adjacent to an activating group) is 1. The van der Waals surface area contributed by atoms with Crippen molar-refractivity contribution in [2.45, 2.75) is 45.8 Å². The molecule has 1 saturated heterocycles. The third-order valence-corrected chi connectivity index (χ3v) is 3.77. The lowest BCUT2D eigenvalue weighted by atomic mass is 9.88. The Morgan fingerprint density at radius 3 is 2.25 bits per heavy atom. The van der Waals surface area contributed by atoms with E-state index >= 15 is 0 Å². The molecule has 1 aliphatic rings. The van der Waals surface area contributed by atoms with Crippen LogP contribution >= 0.6 is 0 Å². The second kappa shape index (κ2) is 5.48. The monoisotopic (exact) mass is 228 g/mol. The van der Waals surface area contributed by atoms with Gasteiger partial charge in [0.2, 0.25) is 0 Å². The molecular weight excluding hydrogens is 200 g/mol. The van der Waals surface area contributed by atoms with Crippen LogP contribution in [0.5, 0.6) is 0 Å². The fraction of sp³-hybridized carbons (Fsp3) is 1.00. The van der Waals surface area contributed by atoms with Gasteiger partial charge in [-0.1, -0.05) is 20.8 Å². The van der Waals surface area contributed by atoms with Crippen LogP contribution in [0.4, 0.5) is 0 Å². The average molecular weight is 228 g/mol. The smallest absolute Gasteiger partial charge is 0.0715 e. The van der Waals surface area contributed by atoms with Gasteiger partial charge in [0.05, 0.1) is 6.10 Å². The fourth-order valence-corrected chi connectivity index (χ4v) is 2.13. The van der Waals surface area contributed by atoms with Gasteiger partial charge in [0, 0.05) is 12.6 Å². The molecule has 0 spiro atoms. The van der Waals surface area contributed by atoms with E-state index in [1.54, 1.807) is 0 Å². The van der Waals surface area contributed by atoms with E-state index in [1.807, 2.05) is 0 Å². The van der Waals surface area contributed by atoms with Gasteiger partial charge < -0.3 is 14.9 Å². The predicted molar refractivity (Wildman–Crippen MR) is 68.6 cm³/mol. The molecule has 0 aromatic heterocycles. The number of hydrogen-bond acceptors (Lipinski definition) is 3. The van der Waals surface area contributed by atoms with E-state index in [1.165, 1.54) is 25.9 Å². The molecule has 0 aromatic carbocycles. The van der Waals surface area contributed by atoms with Crippen LogP contribution < -0.4 is 0 Å². The quantitative estimate of drug-likeness (QED) is 0.791. The van der Waals surface area contributed by atoms with Gasteiger partial charge in [0.15, 0.2) is 0 Å². The summed E-state index contributed by atoms with van der Waals surface area (Å²) in [6, 6.07) is 0.646. The number of aliphatic hydroxyl groups is 1. The number of piperidine rings is 1. The molecule has 0 aromatic rings. The molecule has 1 rings (SSSR count). The van der Waals surface area contributed by atoms with Gasteiger partial charge in [0.25, 0.3) is 0 Å². The summed E-state index contributed by atoms with van der Waals surface area (Å²) in [5.74, 6) is 0. The maximum Gasteiger partial charge on any atom is 0.0715 e. The maximum atomic E-state index is 10.1. The Morgan fingerprint density at radius 1 is 1.31 bits per heavy atom. The molecule has 0 saturated carbocycles. The second-order valence-electron chi connectivity index (χ2n) is 6.36. The van der Waals surface area contributed by atoms with Crippen molar-refractivity contribution in [1.82, 2.24) is 9.80 Å². The highest BCUT2D eigenvalue weighted by Crippen LogP contribution is 2.22. The van der Waals surface area contributed by atoms with Crippen molar-refractivity contribution >= 4 is 0 Å². The normalized spacial score (nSPS) is 22.7. The second-order valence-corrected chi connectivity index (χ2v) is 6.36. The van der Waals surface area contributed by atoms with Gasteiger partial charge in [-0.2, -0.15) is 0 Å². The summed E-state index contributed by atoms with van der Waals surface area (Å²) in [5.41, 5.74) is -0.0142. The summed E-state index contributed by atoms with van der Waals surface area (Å²) in [5, 5.41) is 10.1.